The Labute approximate surface area is 120 Å². The van der Waals surface area contributed by atoms with E-state index >= 15 is 0 Å². The fourth-order valence-electron chi connectivity index (χ4n) is 1.49. The van der Waals surface area contributed by atoms with Crippen LogP contribution in [-0.4, -0.2) is 27.5 Å². The number of hydrogen-bond acceptors (Lipinski definition) is 3. The van der Waals surface area contributed by atoms with E-state index < -0.39 is 13.7 Å². The zero-order chi connectivity index (χ0) is 15.3. The average molecular weight is 289 g/mol. The summed E-state index contributed by atoms with van der Waals surface area (Å²) in [5.74, 6) is -0.109. The van der Waals surface area contributed by atoms with Crippen molar-refractivity contribution in [3.63, 3.8) is 0 Å². The second-order valence-electron chi connectivity index (χ2n) is 7.32. The predicted molar refractivity (Wildman–Crippen MR) is 82.8 cm³/mol. The molecule has 4 heteroatoms. The van der Waals surface area contributed by atoms with E-state index in [0.717, 1.165) is 19.4 Å². The smallest absolute Gasteiger partial charge is 0.311 e. The summed E-state index contributed by atoms with van der Waals surface area (Å²) in [5, 5.41) is 0.240. The molecule has 19 heavy (non-hydrogen) atoms. The van der Waals surface area contributed by atoms with E-state index in [-0.39, 0.29) is 11.0 Å². The maximum Gasteiger partial charge on any atom is 0.311 e. The van der Waals surface area contributed by atoms with Crippen molar-refractivity contribution in [2.45, 2.75) is 72.5 Å². The molecule has 0 fully saturated rings. The van der Waals surface area contributed by atoms with Gasteiger partial charge in [0.05, 0.1) is 12.0 Å². The van der Waals surface area contributed by atoms with E-state index in [1.165, 1.54) is 0 Å². The predicted octanol–water partition coefficient (Wildman–Crippen LogP) is 4.38. The summed E-state index contributed by atoms with van der Waals surface area (Å²) >= 11 is 0. The van der Waals surface area contributed by atoms with E-state index in [1.54, 1.807) is 0 Å². The summed E-state index contributed by atoms with van der Waals surface area (Å²) in [5.41, 5.74) is -0.410. The molecular weight excluding hydrogens is 256 g/mol. The minimum absolute atomic E-state index is 0.109. The van der Waals surface area contributed by atoms with Crippen LogP contribution < -0.4 is 0 Å². The molecule has 0 aliphatic carbocycles. The van der Waals surface area contributed by atoms with Crippen molar-refractivity contribution in [3.8, 4) is 0 Å². The number of rotatable bonds is 7. The van der Waals surface area contributed by atoms with Crippen LogP contribution in [0.25, 0.3) is 0 Å². The van der Waals surface area contributed by atoms with Crippen molar-refractivity contribution in [2.75, 3.05) is 13.2 Å². The van der Waals surface area contributed by atoms with Crippen molar-refractivity contribution in [1.82, 2.24) is 0 Å². The van der Waals surface area contributed by atoms with E-state index in [9.17, 15) is 4.79 Å². The number of esters is 1. The first-order chi connectivity index (χ1) is 8.44. The van der Waals surface area contributed by atoms with Crippen molar-refractivity contribution in [3.05, 3.63) is 0 Å². The lowest BCUT2D eigenvalue weighted by atomic mass is 9.88. The van der Waals surface area contributed by atoms with Crippen LogP contribution in [0.15, 0.2) is 0 Å². The van der Waals surface area contributed by atoms with Crippen LogP contribution in [0.2, 0.25) is 18.1 Å². The largest absolute Gasteiger partial charge is 0.466 e. The molecule has 0 aromatic heterocycles. The third-order valence-corrected chi connectivity index (χ3v) is 8.58. The van der Waals surface area contributed by atoms with Gasteiger partial charge in [0, 0.05) is 6.61 Å². The van der Waals surface area contributed by atoms with Gasteiger partial charge in [0.25, 0.3) is 0 Å². The van der Waals surface area contributed by atoms with Gasteiger partial charge >= 0.3 is 5.97 Å². The van der Waals surface area contributed by atoms with Crippen LogP contribution in [-0.2, 0) is 14.0 Å². The van der Waals surface area contributed by atoms with Crippen LogP contribution in [0.4, 0.5) is 0 Å². The maximum absolute atomic E-state index is 11.8. The number of hydrogen-bond donors (Lipinski definition) is 0. The molecular formula is C15H32O3Si. The standard InChI is InChI=1S/C15H32O3Si/c1-9-17-13(16)15(5,6)11-10-12-18-19(7,8)14(2,3)4/h9-12H2,1-8H3. The second-order valence-corrected chi connectivity index (χ2v) is 12.1. The van der Waals surface area contributed by atoms with Gasteiger partial charge in [-0.2, -0.15) is 0 Å². The lowest BCUT2D eigenvalue weighted by Crippen LogP contribution is -2.41. The highest BCUT2D eigenvalue weighted by molar-refractivity contribution is 6.74. The van der Waals surface area contributed by atoms with Gasteiger partial charge in [-0.15, -0.1) is 0 Å². The molecule has 0 aromatic rings. The molecule has 0 atom stereocenters. The summed E-state index contributed by atoms with van der Waals surface area (Å²) in [4.78, 5) is 11.8. The van der Waals surface area contributed by atoms with Gasteiger partial charge in [-0.25, -0.2) is 0 Å². The van der Waals surface area contributed by atoms with Crippen molar-refractivity contribution < 1.29 is 14.0 Å². The monoisotopic (exact) mass is 288 g/mol. The Hall–Kier alpha value is -0.353. The number of ether oxygens (including phenoxy) is 1. The molecule has 0 bridgehead atoms. The Morgan fingerprint density at radius 2 is 1.63 bits per heavy atom. The first kappa shape index (κ1) is 18.6. The third kappa shape index (κ3) is 6.08. The van der Waals surface area contributed by atoms with Gasteiger partial charge in [-0.05, 0) is 51.7 Å². The fourth-order valence-corrected chi connectivity index (χ4v) is 2.57. The summed E-state index contributed by atoms with van der Waals surface area (Å²) in [7, 11) is -1.66. The van der Waals surface area contributed by atoms with Gasteiger partial charge in [0.1, 0.15) is 0 Å². The first-order valence-corrected chi connectivity index (χ1v) is 10.2. The lowest BCUT2D eigenvalue weighted by molar-refractivity contribution is -0.153. The molecule has 0 saturated heterocycles. The molecule has 0 spiro atoms. The SMILES string of the molecule is CCOC(=O)C(C)(C)CCCO[Si](C)(C)C(C)(C)C. The normalized spacial score (nSPS) is 13.5. The molecule has 3 nitrogen and oxygen atoms in total. The van der Waals surface area contributed by atoms with Crippen molar-refractivity contribution >= 4 is 14.3 Å². The summed E-state index contributed by atoms with van der Waals surface area (Å²) < 4.78 is 11.2. The van der Waals surface area contributed by atoms with E-state index in [1.807, 2.05) is 20.8 Å². The highest BCUT2D eigenvalue weighted by atomic mass is 28.4. The number of carbonyl (C=O) groups is 1. The molecule has 0 radical (unpaired) electrons. The Morgan fingerprint density at radius 1 is 1.11 bits per heavy atom. The fraction of sp³-hybridized carbons (Fsp3) is 0.933. The van der Waals surface area contributed by atoms with E-state index in [0.29, 0.717) is 6.61 Å². The topological polar surface area (TPSA) is 35.5 Å². The molecule has 0 N–H and O–H groups in total. The quantitative estimate of drug-likeness (QED) is 0.396. The highest BCUT2D eigenvalue weighted by Gasteiger charge is 2.37. The second kappa shape index (κ2) is 6.89. The zero-order valence-corrected chi connectivity index (χ0v) is 15.1. The summed E-state index contributed by atoms with van der Waals surface area (Å²) in [6, 6.07) is 0. The van der Waals surface area contributed by atoms with Crippen LogP contribution in [0.1, 0.15) is 54.4 Å². The van der Waals surface area contributed by atoms with Gasteiger partial charge < -0.3 is 9.16 Å². The third-order valence-electron chi connectivity index (χ3n) is 4.04. The Bertz CT molecular complexity index is 290. The minimum Gasteiger partial charge on any atom is -0.466 e. The van der Waals surface area contributed by atoms with Crippen LogP contribution in [0, 0.1) is 5.41 Å². The van der Waals surface area contributed by atoms with Crippen LogP contribution in [0.5, 0.6) is 0 Å². The Kier molecular flexibility index (Phi) is 6.76. The Balaban J connectivity index is 4.15. The van der Waals surface area contributed by atoms with Crippen LogP contribution in [0.3, 0.4) is 0 Å². The van der Waals surface area contributed by atoms with Gasteiger partial charge in [0.2, 0.25) is 0 Å². The summed E-state index contributed by atoms with van der Waals surface area (Å²) in [6.07, 6.45) is 1.71. The van der Waals surface area contributed by atoms with E-state index in [2.05, 4.69) is 33.9 Å². The van der Waals surface area contributed by atoms with Gasteiger partial charge in [-0.3, -0.25) is 4.79 Å². The van der Waals surface area contributed by atoms with Crippen molar-refractivity contribution in [2.24, 2.45) is 5.41 Å². The Morgan fingerprint density at radius 3 is 2.05 bits per heavy atom. The molecule has 114 valence electrons. The molecule has 0 aliphatic heterocycles. The van der Waals surface area contributed by atoms with E-state index in [4.69, 9.17) is 9.16 Å². The van der Waals surface area contributed by atoms with Crippen LogP contribution >= 0.6 is 0 Å². The number of carbonyl (C=O) groups excluding carboxylic acids is 1. The molecule has 0 amide bonds. The van der Waals surface area contributed by atoms with Gasteiger partial charge in [0.15, 0.2) is 8.32 Å². The van der Waals surface area contributed by atoms with Gasteiger partial charge in [-0.1, -0.05) is 20.8 Å². The highest BCUT2D eigenvalue weighted by Crippen LogP contribution is 2.36. The summed E-state index contributed by atoms with van der Waals surface area (Å²) in [6.45, 7) is 18.1. The average Bonchev–Trinajstić information content (AvgIpc) is 2.23. The first-order valence-electron chi connectivity index (χ1n) is 7.25. The van der Waals surface area contributed by atoms with Crippen molar-refractivity contribution in [1.29, 1.82) is 0 Å². The molecule has 0 aliphatic rings. The minimum atomic E-state index is -1.66. The lowest BCUT2D eigenvalue weighted by Gasteiger charge is -2.36. The maximum atomic E-state index is 11.8. The molecule has 0 unspecified atom stereocenters. The molecule has 0 saturated carbocycles. The zero-order valence-electron chi connectivity index (χ0n) is 14.1. The molecule has 0 aromatic carbocycles. The molecule has 0 rings (SSSR count). The molecule has 0 heterocycles.